The molecule has 6 heteroatoms. The van der Waals surface area contributed by atoms with E-state index in [1.165, 1.54) is 0 Å². The van der Waals surface area contributed by atoms with Crippen LogP contribution in [-0.2, 0) is 22.0 Å². The summed E-state index contributed by atoms with van der Waals surface area (Å²) in [5, 5.41) is -0.330. The van der Waals surface area contributed by atoms with Crippen molar-refractivity contribution in [2.24, 2.45) is 5.73 Å². The van der Waals surface area contributed by atoms with Crippen LogP contribution in [0.1, 0.15) is 60.5 Å². The first-order valence-corrected chi connectivity index (χ1v) is 8.79. The van der Waals surface area contributed by atoms with Crippen LogP contribution in [0.25, 0.3) is 0 Å². The van der Waals surface area contributed by atoms with Gasteiger partial charge in [-0.3, -0.25) is 9.00 Å². The molecule has 1 heterocycles. The SMILES string of the molecule is CC(c1ncc(C(C)(C)C)o1)S(=O)Cc1cccc(C(N)=O)c1. The molecule has 2 rings (SSSR count). The van der Waals surface area contributed by atoms with Crippen LogP contribution in [0.3, 0.4) is 0 Å². The summed E-state index contributed by atoms with van der Waals surface area (Å²) in [6.07, 6.45) is 1.69. The van der Waals surface area contributed by atoms with Crippen molar-refractivity contribution in [2.45, 2.75) is 44.1 Å². The molecule has 0 saturated heterocycles. The largest absolute Gasteiger partial charge is 0.444 e. The van der Waals surface area contributed by atoms with Crippen molar-refractivity contribution >= 4 is 16.7 Å². The highest BCUT2D eigenvalue weighted by Gasteiger charge is 2.24. The van der Waals surface area contributed by atoms with Gasteiger partial charge in [0.1, 0.15) is 11.0 Å². The number of hydrogen-bond acceptors (Lipinski definition) is 4. The molecule has 5 nitrogen and oxygen atoms in total. The summed E-state index contributed by atoms with van der Waals surface area (Å²) >= 11 is 0. The number of nitrogens with zero attached hydrogens (tertiary/aromatic N) is 1. The molecule has 0 fully saturated rings. The predicted molar refractivity (Wildman–Crippen MR) is 90.4 cm³/mol. The van der Waals surface area contributed by atoms with Gasteiger partial charge in [0.25, 0.3) is 0 Å². The number of aromatic nitrogens is 1. The molecule has 23 heavy (non-hydrogen) atoms. The topological polar surface area (TPSA) is 86.2 Å². The van der Waals surface area contributed by atoms with Gasteiger partial charge in [0.15, 0.2) is 0 Å². The molecule has 0 saturated carbocycles. The van der Waals surface area contributed by atoms with E-state index < -0.39 is 16.7 Å². The van der Waals surface area contributed by atoms with Crippen LogP contribution in [0.2, 0.25) is 0 Å². The van der Waals surface area contributed by atoms with Gasteiger partial charge in [-0.2, -0.15) is 0 Å². The van der Waals surface area contributed by atoms with Crippen molar-refractivity contribution in [3.05, 3.63) is 53.2 Å². The Balaban J connectivity index is 2.12. The molecule has 0 aliphatic rings. The highest BCUT2D eigenvalue weighted by atomic mass is 32.2. The molecule has 1 aromatic heterocycles. The Kier molecular flexibility index (Phi) is 5.04. The monoisotopic (exact) mass is 334 g/mol. The van der Waals surface area contributed by atoms with Crippen molar-refractivity contribution < 1.29 is 13.4 Å². The predicted octanol–water partition coefficient (Wildman–Crippen LogP) is 3.08. The van der Waals surface area contributed by atoms with Gasteiger partial charge in [-0.15, -0.1) is 0 Å². The molecule has 0 radical (unpaired) electrons. The quantitative estimate of drug-likeness (QED) is 0.910. The minimum atomic E-state index is -1.21. The Morgan fingerprint density at radius 1 is 1.39 bits per heavy atom. The normalized spacial score (nSPS) is 14.4. The molecular formula is C17H22N2O3S. The third kappa shape index (κ3) is 4.28. The van der Waals surface area contributed by atoms with Gasteiger partial charge >= 0.3 is 0 Å². The summed E-state index contributed by atoms with van der Waals surface area (Å²) in [5.41, 5.74) is 6.35. The second-order valence-corrected chi connectivity index (χ2v) is 8.30. The van der Waals surface area contributed by atoms with Crippen LogP contribution in [0.4, 0.5) is 0 Å². The lowest BCUT2D eigenvalue weighted by atomic mass is 9.94. The fraction of sp³-hybridized carbons (Fsp3) is 0.412. The zero-order chi connectivity index (χ0) is 17.2. The minimum Gasteiger partial charge on any atom is -0.444 e. The Labute approximate surface area is 138 Å². The highest BCUT2D eigenvalue weighted by molar-refractivity contribution is 7.84. The molecule has 2 aromatic rings. The maximum Gasteiger partial charge on any atom is 0.248 e. The second kappa shape index (κ2) is 6.66. The number of oxazole rings is 1. The van der Waals surface area contributed by atoms with E-state index >= 15 is 0 Å². The number of amides is 1. The lowest BCUT2D eigenvalue weighted by Crippen LogP contribution is -2.12. The standard InChI is InChI=1S/C17H22N2O3S/c1-11(16-19-9-14(22-16)17(2,3)4)23(21)10-12-6-5-7-13(8-12)15(18)20/h5-9,11H,10H2,1-4H3,(H2,18,20). The van der Waals surface area contributed by atoms with Gasteiger partial charge in [0.2, 0.25) is 11.8 Å². The Bertz CT molecular complexity index is 731. The van der Waals surface area contributed by atoms with Crippen molar-refractivity contribution in [3.63, 3.8) is 0 Å². The third-order valence-electron chi connectivity index (χ3n) is 3.53. The van der Waals surface area contributed by atoms with E-state index in [-0.39, 0.29) is 10.7 Å². The number of benzene rings is 1. The van der Waals surface area contributed by atoms with Crippen LogP contribution in [-0.4, -0.2) is 15.1 Å². The molecule has 1 aromatic carbocycles. The molecule has 0 spiro atoms. The van der Waals surface area contributed by atoms with E-state index in [2.05, 4.69) is 4.98 Å². The van der Waals surface area contributed by atoms with E-state index in [1.807, 2.05) is 33.8 Å². The van der Waals surface area contributed by atoms with E-state index in [0.717, 1.165) is 11.3 Å². The van der Waals surface area contributed by atoms with Crippen molar-refractivity contribution in [2.75, 3.05) is 0 Å². The number of carbonyl (C=O) groups is 1. The van der Waals surface area contributed by atoms with Gasteiger partial charge in [-0.1, -0.05) is 32.9 Å². The Hall–Kier alpha value is -1.95. The van der Waals surface area contributed by atoms with Gasteiger partial charge in [-0.05, 0) is 24.6 Å². The summed E-state index contributed by atoms with van der Waals surface area (Å²) in [5.74, 6) is 1.06. The third-order valence-corrected chi connectivity index (χ3v) is 5.13. The van der Waals surface area contributed by atoms with Gasteiger partial charge < -0.3 is 10.2 Å². The second-order valence-electron chi connectivity index (χ2n) is 6.54. The van der Waals surface area contributed by atoms with Gasteiger partial charge in [0, 0.05) is 27.5 Å². The van der Waals surface area contributed by atoms with Crippen LogP contribution in [0, 0.1) is 0 Å². The summed E-state index contributed by atoms with van der Waals surface area (Å²) in [4.78, 5) is 15.5. The smallest absolute Gasteiger partial charge is 0.248 e. The zero-order valence-corrected chi connectivity index (χ0v) is 14.6. The fourth-order valence-electron chi connectivity index (χ4n) is 2.04. The first-order valence-electron chi connectivity index (χ1n) is 7.40. The van der Waals surface area contributed by atoms with Crippen molar-refractivity contribution in [1.29, 1.82) is 0 Å². The maximum atomic E-state index is 12.5. The summed E-state index contributed by atoms with van der Waals surface area (Å²) < 4.78 is 18.3. The minimum absolute atomic E-state index is 0.137. The van der Waals surface area contributed by atoms with Crippen LogP contribution in [0.5, 0.6) is 0 Å². The summed E-state index contributed by atoms with van der Waals surface area (Å²) in [7, 11) is -1.21. The van der Waals surface area contributed by atoms with Crippen LogP contribution in [0.15, 0.2) is 34.9 Å². The molecule has 2 N–H and O–H groups in total. The molecule has 0 bridgehead atoms. The molecule has 1 amide bonds. The van der Waals surface area contributed by atoms with E-state index in [1.54, 1.807) is 24.4 Å². The maximum absolute atomic E-state index is 12.5. The number of primary amides is 1. The average Bonchev–Trinajstić information content (AvgIpc) is 2.96. The number of carbonyl (C=O) groups excluding carboxylic acids is 1. The highest BCUT2D eigenvalue weighted by Crippen LogP contribution is 2.27. The fourth-order valence-corrected chi connectivity index (χ4v) is 3.13. The van der Waals surface area contributed by atoms with Gasteiger partial charge in [-0.25, -0.2) is 4.98 Å². The molecular weight excluding hydrogens is 312 g/mol. The summed E-state index contributed by atoms with van der Waals surface area (Å²) in [6.45, 7) is 7.93. The van der Waals surface area contributed by atoms with E-state index in [4.69, 9.17) is 10.2 Å². The van der Waals surface area contributed by atoms with Crippen LogP contribution < -0.4 is 5.73 Å². The van der Waals surface area contributed by atoms with E-state index in [9.17, 15) is 9.00 Å². The van der Waals surface area contributed by atoms with Crippen molar-refractivity contribution in [3.8, 4) is 0 Å². The number of hydrogen-bond donors (Lipinski definition) is 1. The number of nitrogens with two attached hydrogens (primary N) is 1. The summed E-state index contributed by atoms with van der Waals surface area (Å²) in [6, 6.07) is 6.87. The Morgan fingerprint density at radius 2 is 2.09 bits per heavy atom. The molecule has 2 atom stereocenters. The lowest BCUT2D eigenvalue weighted by Gasteiger charge is -2.14. The number of rotatable bonds is 5. The molecule has 0 aliphatic heterocycles. The van der Waals surface area contributed by atoms with Gasteiger partial charge in [0.05, 0.1) is 6.20 Å². The zero-order valence-electron chi connectivity index (χ0n) is 13.8. The first-order chi connectivity index (χ1) is 10.7. The Morgan fingerprint density at radius 3 is 2.65 bits per heavy atom. The lowest BCUT2D eigenvalue weighted by molar-refractivity contribution is 0.1000. The molecule has 0 aliphatic carbocycles. The molecule has 2 unspecified atom stereocenters. The van der Waals surface area contributed by atoms with Crippen LogP contribution >= 0.6 is 0 Å². The first kappa shape index (κ1) is 17.4. The van der Waals surface area contributed by atoms with E-state index in [0.29, 0.717) is 17.2 Å². The van der Waals surface area contributed by atoms with Crippen molar-refractivity contribution in [1.82, 2.24) is 4.98 Å². The average molecular weight is 334 g/mol. The molecule has 124 valence electrons.